The molecule has 19 heavy (non-hydrogen) atoms. The van der Waals surface area contributed by atoms with Crippen LogP contribution in [0.4, 0.5) is 15.9 Å². The Kier molecular flexibility index (Phi) is 4.30. The number of halogens is 1. The lowest BCUT2D eigenvalue weighted by Crippen LogP contribution is -2.18. The van der Waals surface area contributed by atoms with E-state index in [1.807, 2.05) is 12.1 Å². The standard InChI is InChI=1S/C14H17FN4/c1-10(8-11-2-4-12(15)5-3-11)18-13-6-7-17-14(9-13)19-16/h2-7,9-10H,8,16H2,1H3,(H2,17,18,19). The molecule has 0 aliphatic heterocycles. The van der Waals surface area contributed by atoms with Gasteiger partial charge in [-0.2, -0.15) is 0 Å². The van der Waals surface area contributed by atoms with Gasteiger partial charge in [0.05, 0.1) is 0 Å². The van der Waals surface area contributed by atoms with Crippen molar-refractivity contribution in [2.24, 2.45) is 5.84 Å². The van der Waals surface area contributed by atoms with Crippen LogP contribution in [0, 0.1) is 5.82 Å². The van der Waals surface area contributed by atoms with Crippen LogP contribution < -0.4 is 16.6 Å². The Bertz CT molecular complexity index is 527. The topological polar surface area (TPSA) is 63.0 Å². The molecule has 1 aromatic carbocycles. The van der Waals surface area contributed by atoms with E-state index in [0.717, 1.165) is 17.7 Å². The van der Waals surface area contributed by atoms with Crippen molar-refractivity contribution in [3.63, 3.8) is 0 Å². The first-order valence-corrected chi connectivity index (χ1v) is 6.11. The van der Waals surface area contributed by atoms with E-state index >= 15 is 0 Å². The summed E-state index contributed by atoms with van der Waals surface area (Å²) in [5.41, 5.74) is 4.54. The Hall–Kier alpha value is -2.14. The van der Waals surface area contributed by atoms with Crippen LogP contribution in [0.15, 0.2) is 42.6 Å². The zero-order chi connectivity index (χ0) is 13.7. The Balaban J connectivity index is 1.96. The van der Waals surface area contributed by atoms with Gasteiger partial charge in [-0.05, 0) is 37.1 Å². The number of pyridine rings is 1. The average Bonchev–Trinajstić information content (AvgIpc) is 2.41. The maximum absolute atomic E-state index is 12.8. The van der Waals surface area contributed by atoms with Gasteiger partial charge in [0, 0.05) is 24.0 Å². The number of benzene rings is 1. The van der Waals surface area contributed by atoms with E-state index in [4.69, 9.17) is 5.84 Å². The summed E-state index contributed by atoms with van der Waals surface area (Å²) in [5.74, 6) is 5.71. The van der Waals surface area contributed by atoms with Gasteiger partial charge in [-0.15, -0.1) is 0 Å². The first-order valence-electron chi connectivity index (χ1n) is 6.11. The summed E-state index contributed by atoms with van der Waals surface area (Å²) in [4.78, 5) is 4.04. The van der Waals surface area contributed by atoms with Crippen molar-refractivity contribution in [2.45, 2.75) is 19.4 Å². The van der Waals surface area contributed by atoms with Gasteiger partial charge in [0.25, 0.3) is 0 Å². The average molecular weight is 260 g/mol. The van der Waals surface area contributed by atoms with Crippen LogP contribution in [0.5, 0.6) is 0 Å². The van der Waals surface area contributed by atoms with Crippen LogP contribution in [0.2, 0.25) is 0 Å². The van der Waals surface area contributed by atoms with Crippen molar-refractivity contribution in [3.8, 4) is 0 Å². The van der Waals surface area contributed by atoms with Crippen LogP contribution in [0.25, 0.3) is 0 Å². The summed E-state index contributed by atoms with van der Waals surface area (Å²) < 4.78 is 12.8. The molecule has 1 heterocycles. The highest BCUT2D eigenvalue weighted by Gasteiger charge is 2.04. The third kappa shape index (κ3) is 3.93. The molecule has 4 N–H and O–H groups in total. The number of anilines is 2. The van der Waals surface area contributed by atoms with Gasteiger partial charge >= 0.3 is 0 Å². The van der Waals surface area contributed by atoms with Crippen LogP contribution in [0.3, 0.4) is 0 Å². The minimum atomic E-state index is -0.211. The lowest BCUT2D eigenvalue weighted by atomic mass is 10.1. The summed E-state index contributed by atoms with van der Waals surface area (Å²) >= 11 is 0. The molecule has 100 valence electrons. The largest absolute Gasteiger partial charge is 0.382 e. The molecule has 1 unspecified atom stereocenters. The first-order chi connectivity index (χ1) is 9.17. The number of nitrogens with zero attached hydrogens (tertiary/aromatic N) is 1. The second-order valence-corrected chi connectivity index (χ2v) is 4.45. The SMILES string of the molecule is CC(Cc1ccc(F)cc1)Nc1ccnc(NN)c1. The summed E-state index contributed by atoms with van der Waals surface area (Å²) in [6, 6.07) is 10.5. The van der Waals surface area contributed by atoms with Crippen LogP contribution in [0.1, 0.15) is 12.5 Å². The van der Waals surface area contributed by atoms with Crippen molar-refractivity contribution in [2.75, 3.05) is 10.7 Å². The predicted molar refractivity (Wildman–Crippen MR) is 75.2 cm³/mol. The van der Waals surface area contributed by atoms with Gasteiger partial charge in [0.1, 0.15) is 11.6 Å². The zero-order valence-corrected chi connectivity index (χ0v) is 10.7. The maximum Gasteiger partial charge on any atom is 0.141 e. The summed E-state index contributed by atoms with van der Waals surface area (Å²) in [7, 11) is 0. The second kappa shape index (κ2) is 6.15. The lowest BCUT2D eigenvalue weighted by Gasteiger charge is -2.15. The molecule has 1 atom stereocenters. The number of nitrogens with one attached hydrogen (secondary N) is 2. The second-order valence-electron chi connectivity index (χ2n) is 4.45. The van der Waals surface area contributed by atoms with E-state index in [2.05, 4.69) is 22.7 Å². The van der Waals surface area contributed by atoms with Crippen LogP contribution in [-0.4, -0.2) is 11.0 Å². The number of aromatic nitrogens is 1. The van der Waals surface area contributed by atoms with E-state index < -0.39 is 0 Å². The molecule has 4 nitrogen and oxygen atoms in total. The first kappa shape index (κ1) is 13.3. The Morgan fingerprint density at radius 2 is 2.00 bits per heavy atom. The highest BCUT2D eigenvalue weighted by molar-refractivity contribution is 5.51. The van der Waals surface area contributed by atoms with Gasteiger partial charge in [0.2, 0.25) is 0 Å². The molecule has 1 aromatic heterocycles. The smallest absolute Gasteiger partial charge is 0.141 e. The normalized spacial score (nSPS) is 11.9. The van der Waals surface area contributed by atoms with Crippen LogP contribution >= 0.6 is 0 Å². The number of hydrogen-bond acceptors (Lipinski definition) is 4. The molecule has 0 bridgehead atoms. The van der Waals surface area contributed by atoms with Crippen LogP contribution in [-0.2, 0) is 6.42 Å². The molecule has 0 saturated carbocycles. The van der Waals surface area contributed by atoms with Gasteiger partial charge < -0.3 is 10.7 Å². The molecule has 0 spiro atoms. The molecule has 0 amide bonds. The molecule has 2 rings (SSSR count). The van der Waals surface area contributed by atoms with Crippen molar-refractivity contribution in [1.29, 1.82) is 0 Å². The van der Waals surface area contributed by atoms with Gasteiger partial charge in [-0.25, -0.2) is 15.2 Å². The molecule has 0 aliphatic rings. The third-order valence-electron chi connectivity index (χ3n) is 2.78. The summed E-state index contributed by atoms with van der Waals surface area (Å²) in [6.45, 7) is 2.07. The maximum atomic E-state index is 12.8. The van der Waals surface area contributed by atoms with Crippen molar-refractivity contribution >= 4 is 11.5 Å². The predicted octanol–water partition coefficient (Wildman–Crippen LogP) is 2.55. The number of rotatable bonds is 5. The number of hydrazine groups is 1. The highest BCUT2D eigenvalue weighted by atomic mass is 19.1. The van der Waals surface area contributed by atoms with E-state index in [1.54, 1.807) is 18.3 Å². The summed E-state index contributed by atoms with van der Waals surface area (Å²) in [6.07, 6.45) is 2.50. The Morgan fingerprint density at radius 3 is 2.68 bits per heavy atom. The van der Waals surface area contributed by atoms with Crippen molar-refractivity contribution in [1.82, 2.24) is 4.98 Å². The third-order valence-corrected chi connectivity index (χ3v) is 2.78. The molecular formula is C14H17FN4. The minimum Gasteiger partial charge on any atom is -0.382 e. The number of hydrogen-bond donors (Lipinski definition) is 3. The molecule has 0 saturated heterocycles. The number of nitrogens with two attached hydrogens (primary N) is 1. The zero-order valence-electron chi connectivity index (χ0n) is 10.7. The fourth-order valence-electron chi connectivity index (χ4n) is 1.91. The molecule has 5 heteroatoms. The minimum absolute atomic E-state index is 0.211. The quantitative estimate of drug-likeness (QED) is 0.571. The Labute approximate surface area is 111 Å². The van der Waals surface area contributed by atoms with E-state index in [-0.39, 0.29) is 11.9 Å². The van der Waals surface area contributed by atoms with E-state index in [9.17, 15) is 4.39 Å². The molecule has 2 aromatic rings. The monoisotopic (exact) mass is 260 g/mol. The lowest BCUT2D eigenvalue weighted by molar-refractivity contribution is 0.626. The molecular weight excluding hydrogens is 243 g/mol. The van der Waals surface area contributed by atoms with E-state index in [1.165, 1.54) is 12.1 Å². The van der Waals surface area contributed by atoms with Gasteiger partial charge in [0.15, 0.2) is 0 Å². The molecule has 0 fully saturated rings. The summed E-state index contributed by atoms with van der Waals surface area (Å²) in [5, 5.41) is 3.35. The number of nitrogen functional groups attached to an aromatic ring is 1. The Morgan fingerprint density at radius 1 is 1.26 bits per heavy atom. The fourth-order valence-corrected chi connectivity index (χ4v) is 1.91. The van der Waals surface area contributed by atoms with E-state index in [0.29, 0.717) is 5.82 Å². The van der Waals surface area contributed by atoms with Crippen molar-refractivity contribution in [3.05, 3.63) is 54.0 Å². The highest BCUT2D eigenvalue weighted by Crippen LogP contribution is 2.14. The fraction of sp³-hybridized carbons (Fsp3) is 0.214. The molecule has 0 aliphatic carbocycles. The van der Waals surface area contributed by atoms with Gasteiger partial charge in [-0.1, -0.05) is 12.1 Å². The molecule has 0 radical (unpaired) electrons. The van der Waals surface area contributed by atoms with Gasteiger partial charge in [-0.3, -0.25) is 0 Å². The van der Waals surface area contributed by atoms with Crippen molar-refractivity contribution < 1.29 is 4.39 Å².